The zero-order chi connectivity index (χ0) is 18.2. The van der Waals surface area contributed by atoms with E-state index >= 15 is 0 Å². The number of thioether (sulfide) groups is 1. The molecule has 8 heteroatoms. The molecular weight excluding hydrogens is 424 g/mol. The second-order valence-electron chi connectivity index (χ2n) is 5.71. The average Bonchev–Trinajstić information content (AvgIpc) is 2.60. The topological polar surface area (TPSA) is 57.7 Å². The maximum atomic E-state index is 13.0. The molecule has 2 aromatic rings. The van der Waals surface area contributed by atoms with Crippen LogP contribution < -0.4 is 4.90 Å². The largest absolute Gasteiger partial charge is 0.306 e. The lowest BCUT2D eigenvalue weighted by molar-refractivity contribution is 0.0987. The second-order valence-corrected chi connectivity index (χ2v) is 9.82. The molecule has 0 saturated heterocycles. The molecule has 1 amide bonds. The number of amides is 1. The highest BCUT2D eigenvalue weighted by atomic mass is 79.9. The summed E-state index contributed by atoms with van der Waals surface area (Å²) in [5.41, 5.74) is 1.22. The number of carbonyl (C=O) groups excluding carboxylic acids is 1. The van der Waals surface area contributed by atoms with E-state index in [-0.39, 0.29) is 10.8 Å². The monoisotopic (exact) mass is 440 g/mol. The Labute approximate surface area is 160 Å². The molecule has 1 aliphatic rings. The second kappa shape index (κ2) is 7.11. The molecule has 0 bridgehead atoms. The third-order valence-corrected chi connectivity index (χ3v) is 7.76. The molecule has 1 aliphatic heterocycles. The quantitative estimate of drug-likeness (QED) is 0.732. The number of hydrogen-bond acceptors (Lipinski definition) is 4. The third kappa shape index (κ3) is 3.48. The minimum Gasteiger partial charge on any atom is -0.306 e. The smallest absolute Gasteiger partial charge is 0.258 e. The van der Waals surface area contributed by atoms with Crippen LogP contribution in [0.2, 0.25) is 0 Å². The number of sulfonamides is 1. The number of rotatable bonds is 3. The maximum absolute atomic E-state index is 13.0. The van der Waals surface area contributed by atoms with Crippen LogP contribution in [-0.2, 0) is 10.0 Å². The van der Waals surface area contributed by atoms with E-state index in [9.17, 15) is 13.2 Å². The van der Waals surface area contributed by atoms with Gasteiger partial charge in [0.25, 0.3) is 5.91 Å². The number of para-hydroxylation sites is 1. The summed E-state index contributed by atoms with van der Waals surface area (Å²) in [5.74, 6) is 0.609. The number of benzene rings is 2. The number of carbonyl (C=O) groups is 1. The molecule has 25 heavy (non-hydrogen) atoms. The third-order valence-electron chi connectivity index (χ3n) is 3.91. The van der Waals surface area contributed by atoms with Crippen LogP contribution in [0.1, 0.15) is 10.4 Å². The van der Waals surface area contributed by atoms with Crippen LogP contribution in [-0.4, -0.2) is 45.0 Å². The molecule has 0 fully saturated rings. The van der Waals surface area contributed by atoms with E-state index in [1.54, 1.807) is 28.8 Å². The van der Waals surface area contributed by atoms with Crippen molar-refractivity contribution in [2.75, 3.05) is 31.3 Å². The molecule has 5 nitrogen and oxygen atoms in total. The molecule has 0 aromatic heterocycles. The first-order valence-electron chi connectivity index (χ1n) is 7.58. The van der Waals surface area contributed by atoms with Crippen LogP contribution in [0.5, 0.6) is 0 Å². The summed E-state index contributed by atoms with van der Waals surface area (Å²) in [6.45, 7) is 0.590. The van der Waals surface area contributed by atoms with E-state index in [2.05, 4.69) is 15.9 Å². The van der Waals surface area contributed by atoms with Crippen LogP contribution in [0.3, 0.4) is 0 Å². The van der Waals surface area contributed by atoms with Crippen molar-refractivity contribution in [1.29, 1.82) is 0 Å². The van der Waals surface area contributed by atoms with Crippen LogP contribution in [0.4, 0.5) is 5.69 Å². The minimum atomic E-state index is -3.64. The Balaban J connectivity index is 2.03. The molecule has 3 rings (SSSR count). The van der Waals surface area contributed by atoms with Gasteiger partial charge >= 0.3 is 0 Å². The van der Waals surface area contributed by atoms with E-state index in [0.29, 0.717) is 16.6 Å². The number of nitrogens with zero attached hydrogens (tertiary/aromatic N) is 2. The molecule has 0 atom stereocenters. The standard InChI is InChI=1S/C17H17BrN2O3S2/c1-19(2)25(22,23)16-11-12(7-8-13(16)18)17(21)20-9-10-24-15-6-4-3-5-14(15)20/h3-8,11H,9-10H2,1-2H3. The van der Waals surface area contributed by atoms with Gasteiger partial charge in [0.2, 0.25) is 10.0 Å². The van der Waals surface area contributed by atoms with Crippen molar-refractivity contribution < 1.29 is 13.2 Å². The lowest BCUT2D eigenvalue weighted by Crippen LogP contribution is -2.35. The van der Waals surface area contributed by atoms with Gasteiger partial charge in [0, 0.05) is 41.3 Å². The fourth-order valence-electron chi connectivity index (χ4n) is 2.57. The Morgan fingerprint density at radius 1 is 1.20 bits per heavy atom. The first-order valence-corrected chi connectivity index (χ1v) is 10.8. The van der Waals surface area contributed by atoms with Crippen molar-refractivity contribution in [3.63, 3.8) is 0 Å². The Morgan fingerprint density at radius 2 is 1.92 bits per heavy atom. The molecular formula is C17H17BrN2O3S2. The predicted molar refractivity (Wildman–Crippen MR) is 104 cm³/mol. The Morgan fingerprint density at radius 3 is 2.64 bits per heavy atom. The average molecular weight is 441 g/mol. The van der Waals surface area contributed by atoms with E-state index in [0.717, 1.165) is 20.6 Å². The van der Waals surface area contributed by atoms with E-state index in [4.69, 9.17) is 0 Å². The number of fused-ring (bicyclic) bond motifs is 1. The van der Waals surface area contributed by atoms with Gasteiger partial charge in [0.05, 0.1) is 10.6 Å². The van der Waals surface area contributed by atoms with Gasteiger partial charge in [-0.05, 0) is 46.3 Å². The normalized spacial score (nSPS) is 14.5. The highest BCUT2D eigenvalue weighted by Crippen LogP contribution is 2.35. The molecule has 0 unspecified atom stereocenters. The molecule has 0 saturated carbocycles. The summed E-state index contributed by atoms with van der Waals surface area (Å²) in [4.78, 5) is 15.9. The van der Waals surface area contributed by atoms with Gasteiger partial charge in [-0.1, -0.05) is 12.1 Å². The molecule has 0 N–H and O–H groups in total. The molecule has 0 aliphatic carbocycles. The molecule has 1 heterocycles. The van der Waals surface area contributed by atoms with Gasteiger partial charge < -0.3 is 4.90 Å². The lowest BCUT2D eigenvalue weighted by atomic mass is 10.1. The van der Waals surface area contributed by atoms with E-state index in [1.165, 1.54) is 20.2 Å². The summed E-state index contributed by atoms with van der Waals surface area (Å²) in [6.07, 6.45) is 0. The molecule has 0 spiro atoms. The van der Waals surface area contributed by atoms with Gasteiger partial charge in [-0.15, -0.1) is 11.8 Å². The zero-order valence-electron chi connectivity index (χ0n) is 13.8. The van der Waals surface area contributed by atoms with Crippen molar-refractivity contribution in [2.45, 2.75) is 9.79 Å². The van der Waals surface area contributed by atoms with E-state index in [1.807, 2.05) is 24.3 Å². The lowest BCUT2D eigenvalue weighted by Gasteiger charge is -2.29. The van der Waals surface area contributed by atoms with Gasteiger partial charge in [-0.3, -0.25) is 4.79 Å². The van der Waals surface area contributed by atoms with Crippen molar-refractivity contribution in [3.05, 3.63) is 52.5 Å². The maximum Gasteiger partial charge on any atom is 0.258 e. The first-order chi connectivity index (χ1) is 11.8. The fraction of sp³-hybridized carbons (Fsp3) is 0.235. The summed E-state index contributed by atoms with van der Waals surface area (Å²) in [7, 11) is -0.710. The van der Waals surface area contributed by atoms with Crippen LogP contribution in [0, 0.1) is 0 Å². The zero-order valence-corrected chi connectivity index (χ0v) is 17.0. The first kappa shape index (κ1) is 18.4. The Hall–Kier alpha value is -1.35. The molecule has 2 aromatic carbocycles. The van der Waals surface area contributed by atoms with Gasteiger partial charge in [-0.25, -0.2) is 12.7 Å². The number of halogens is 1. The van der Waals surface area contributed by atoms with Gasteiger partial charge in [0.15, 0.2) is 0 Å². The summed E-state index contributed by atoms with van der Waals surface area (Å²) < 4.78 is 26.5. The fourth-order valence-corrected chi connectivity index (χ4v) is 5.41. The van der Waals surface area contributed by atoms with Gasteiger partial charge in [-0.2, -0.15) is 0 Å². The Kier molecular flexibility index (Phi) is 5.24. The summed E-state index contributed by atoms with van der Waals surface area (Å²) in [6, 6.07) is 12.4. The number of hydrogen-bond donors (Lipinski definition) is 0. The summed E-state index contributed by atoms with van der Waals surface area (Å²) >= 11 is 4.99. The molecule has 0 radical (unpaired) electrons. The number of anilines is 1. The molecule has 132 valence electrons. The van der Waals surface area contributed by atoms with E-state index < -0.39 is 10.0 Å². The SMILES string of the molecule is CN(C)S(=O)(=O)c1cc(C(=O)N2CCSc3ccccc32)ccc1Br. The van der Waals surface area contributed by atoms with Crippen LogP contribution in [0.15, 0.2) is 56.7 Å². The van der Waals surface area contributed by atoms with Crippen molar-refractivity contribution >= 4 is 49.3 Å². The highest BCUT2D eigenvalue weighted by molar-refractivity contribution is 9.10. The highest BCUT2D eigenvalue weighted by Gasteiger charge is 2.26. The van der Waals surface area contributed by atoms with Crippen molar-refractivity contribution in [3.8, 4) is 0 Å². The van der Waals surface area contributed by atoms with Crippen LogP contribution >= 0.6 is 27.7 Å². The predicted octanol–water partition coefficient (Wildman–Crippen LogP) is 3.45. The van der Waals surface area contributed by atoms with Gasteiger partial charge in [0.1, 0.15) is 0 Å². The van der Waals surface area contributed by atoms with Crippen molar-refractivity contribution in [2.24, 2.45) is 0 Å². The Bertz CT molecular complexity index is 929. The van der Waals surface area contributed by atoms with Crippen LogP contribution in [0.25, 0.3) is 0 Å². The summed E-state index contributed by atoms with van der Waals surface area (Å²) in [5, 5.41) is 0. The minimum absolute atomic E-state index is 0.0861. The van der Waals surface area contributed by atoms with Crippen molar-refractivity contribution in [1.82, 2.24) is 4.31 Å².